The molecule has 0 N–H and O–H groups in total. The minimum absolute atomic E-state index is 0.127. The normalized spacial score (nSPS) is 18.9. The molecule has 19 heavy (non-hydrogen) atoms. The summed E-state index contributed by atoms with van der Waals surface area (Å²) in [7, 11) is 1.76. The first kappa shape index (κ1) is 13.9. The largest absolute Gasteiger partial charge is 0.460 e. The number of nitrogens with zero attached hydrogens (tertiary/aromatic N) is 3. The van der Waals surface area contributed by atoms with E-state index in [4.69, 9.17) is 32.5 Å². The fourth-order valence-electron chi connectivity index (χ4n) is 1.47. The van der Waals surface area contributed by atoms with Crippen molar-refractivity contribution in [2.24, 2.45) is 0 Å². The average molecular weight is 304 g/mol. The number of hydrogen-bond donors (Lipinski definition) is 0. The van der Waals surface area contributed by atoms with E-state index >= 15 is 0 Å². The number of carbonyl (C=O) groups excluding carboxylic acids is 1. The summed E-state index contributed by atoms with van der Waals surface area (Å²) in [6.07, 6.45) is 3.31. The first-order chi connectivity index (χ1) is 9.02. The van der Waals surface area contributed by atoms with Gasteiger partial charge in [0.25, 0.3) is 11.7 Å². The van der Waals surface area contributed by atoms with Gasteiger partial charge in [0.2, 0.25) is 0 Å². The standard InChI is InChI=1S/C11H11Cl2N3O3/c1-3-18-11(17)9-14-10(19-15-9)6-4-7(12)8(13)16(2)5-6/h4-5,8H,3H2,1-2H3. The van der Waals surface area contributed by atoms with E-state index in [-0.39, 0.29) is 18.3 Å². The Balaban J connectivity index is 2.24. The Kier molecular flexibility index (Phi) is 4.11. The summed E-state index contributed by atoms with van der Waals surface area (Å²) in [6, 6.07) is 0. The SMILES string of the molecule is CCOC(=O)c1noc(C2=CN(C)C(Cl)C(Cl)=C2)n1. The average Bonchev–Trinajstić information content (AvgIpc) is 2.85. The molecule has 1 aliphatic rings. The van der Waals surface area contributed by atoms with Gasteiger partial charge in [0.1, 0.15) is 5.50 Å². The van der Waals surface area contributed by atoms with Crippen molar-refractivity contribution in [3.05, 3.63) is 29.0 Å². The van der Waals surface area contributed by atoms with Crippen LogP contribution in [0.4, 0.5) is 0 Å². The second kappa shape index (κ2) is 5.63. The molecule has 0 aromatic carbocycles. The third kappa shape index (κ3) is 2.90. The van der Waals surface area contributed by atoms with Crippen LogP contribution in [0.2, 0.25) is 0 Å². The van der Waals surface area contributed by atoms with Gasteiger partial charge in [-0.1, -0.05) is 23.2 Å². The highest BCUT2D eigenvalue weighted by Gasteiger charge is 2.23. The number of rotatable bonds is 3. The third-order valence-corrected chi connectivity index (χ3v) is 3.32. The molecule has 102 valence electrons. The minimum atomic E-state index is -0.632. The van der Waals surface area contributed by atoms with Crippen molar-refractivity contribution in [3.63, 3.8) is 0 Å². The van der Waals surface area contributed by atoms with Crippen LogP contribution >= 0.6 is 23.2 Å². The number of likely N-dealkylation sites (N-methyl/N-ethyl adjacent to an activating group) is 1. The lowest BCUT2D eigenvalue weighted by Crippen LogP contribution is -2.24. The van der Waals surface area contributed by atoms with E-state index in [1.807, 2.05) is 0 Å². The van der Waals surface area contributed by atoms with Crippen molar-refractivity contribution >= 4 is 34.7 Å². The van der Waals surface area contributed by atoms with Crippen LogP contribution in [-0.2, 0) is 4.74 Å². The molecule has 1 unspecified atom stereocenters. The summed E-state index contributed by atoms with van der Waals surface area (Å²) in [5, 5.41) is 3.98. The predicted molar refractivity (Wildman–Crippen MR) is 69.6 cm³/mol. The molecule has 1 atom stereocenters. The first-order valence-electron chi connectivity index (χ1n) is 5.49. The lowest BCUT2D eigenvalue weighted by Gasteiger charge is -2.24. The number of alkyl halides is 1. The molecule has 1 aromatic heterocycles. The molecule has 0 saturated heterocycles. The van der Waals surface area contributed by atoms with E-state index in [0.717, 1.165) is 0 Å². The number of allylic oxidation sites excluding steroid dienone is 2. The predicted octanol–water partition coefficient (Wildman–Crippen LogP) is 2.22. The van der Waals surface area contributed by atoms with Crippen LogP contribution in [0, 0.1) is 0 Å². The van der Waals surface area contributed by atoms with Crippen molar-refractivity contribution < 1.29 is 14.1 Å². The maximum Gasteiger partial charge on any atom is 0.379 e. The van der Waals surface area contributed by atoms with E-state index < -0.39 is 11.5 Å². The summed E-state index contributed by atoms with van der Waals surface area (Å²) in [6.45, 7) is 1.94. The molecule has 0 saturated carbocycles. The molecule has 2 rings (SSSR count). The second-order valence-electron chi connectivity index (χ2n) is 3.76. The van der Waals surface area contributed by atoms with Gasteiger partial charge in [-0.2, -0.15) is 4.98 Å². The lowest BCUT2D eigenvalue weighted by molar-refractivity contribution is 0.0508. The molecular formula is C11H11Cl2N3O3. The molecule has 0 fully saturated rings. The van der Waals surface area contributed by atoms with Gasteiger partial charge in [0, 0.05) is 13.2 Å². The number of aromatic nitrogens is 2. The Morgan fingerprint density at radius 3 is 3.00 bits per heavy atom. The third-order valence-electron chi connectivity index (χ3n) is 2.35. The highest BCUT2D eigenvalue weighted by atomic mass is 35.5. The zero-order valence-corrected chi connectivity index (χ0v) is 11.8. The Morgan fingerprint density at radius 1 is 1.63 bits per heavy atom. The number of halogens is 2. The molecule has 2 heterocycles. The Labute approximate surface area is 119 Å². The first-order valence-corrected chi connectivity index (χ1v) is 6.30. The van der Waals surface area contributed by atoms with Crippen LogP contribution in [-0.4, -0.2) is 40.2 Å². The van der Waals surface area contributed by atoms with Gasteiger partial charge in [-0.3, -0.25) is 0 Å². The number of carbonyl (C=O) groups is 1. The summed E-state index contributed by atoms with van der Waals surface area (Å²) >= 11 is 12.0. The molecule has 0 radical (unpaired) electrons. The number of ether oxygens (including phenoxy) is 1. The van der Waals surface area contributed by atoms with Gasteiger partial charge in [0.15, 0.2) is 0 Å². The van der Waals surface area contributed by atoms with Crippen LogP contribution in [0.3, 0.4) is 0 Å². The highest BCUT2D eigenvalue weighted by molar-refractivity contribution is 6.38. The summed E-state index contributed by atoms with van der Waals surface area (Å²) in [4.78, 5) is 17.1. The zero-order chi connectivity index (χ0) is 14.0. The molecule has 8 heteroatoms. The number of hydrogen-bond acceptors (Lipinski definition) is 6. The Morgan fingerprint density at radius 2 is 2.37 bits per heavy atom. The van der Waals surface area contributed by atoms with Crippen molar-refractivity contribution in [2.75, 3.05) is 13.7 Å². The van der Waals surface area contributed by atoms with Crippen molar-refractivity contribution in [2.45, 2.75) is 12.4 Å². The van der Waals surface area contributed by atoms with Gasteiger partial charge >= 0.3 is 5.97 Å². The van der Waals surface area contributed by atoms with Gasteiger partial charge in [-0.15, -0.1) is 0 Å². The van der Waals surface area contributed by atoms with E-state index in [1.54, 1.807) is 31.1 Å². The van der Waals surface area contributed by atoms with E-state index in [1.165, 1.54) is 0 Å². The maximum absolute atomic E-state index is 11.4. The molecule has 0 amide bonds. The Hall–Kier alpha value is -1.53. The van der Waals surface area contributed by atoms with Gasteiger partial charge < -0.3 is 14.2 Å². The maximum atomic E-state index is 11.4. The van der Waals surface area contributed by atoms with E-state index in [9.17, 15) is 4.79 Å². The van der Waals surface area contributed by atoms with Gasteiger partial charge in [-0.05, 0) is 18.2 Å². The molecule has 0 bridgehead atoms. The van der Waals surface area contributed by atoms with Gasteiger partial charge in [0.05, 0.1) is 17.2 Å². The fourth-order valence-corrected chi connectivity index (χ4v) is 1.86. The van der Waals surface area contributed by atoms with E-state index in [2.05, 4.69) is 10.1 Å². The molecular weight excluding hydrogens is 293 g/mol. The summed E-state index contributed by atoms with van der Waals surface area (Å²) in [5.74, 6) is -0.581. The van der Waals surface area contributed by atoms with Crippen LogP contribution in [0.1, 0.15) is 23.4 Å². The quantitative estimate of drug-likeness (QED) is 0.484. The molecule has 0 aliphatic carbocycles. The Bertz CT molecular complexity index is 553. The molecule has 6 nitrogen and oxygen atoms in total. The van der Waals surface area contributed by atoms with Crippen molar-refractivity contribution in [1.29, 1.82) is 0 Å². The van der Waals surface area contributed by atoms with Crippen LogP contribution in [0.25, 0.3) is 5.57 Å². The van der Waals surface area contributed by atoms with Crippen molar-refractivity contribution in [1.82, 2.24) is 15.0 Å². The zero-order valence-electron chi connectivity index (χ0n) is 10.3. The lowest BCUT2D eigenvalue weighted by atomic mass is 10.2. The second-order valence-corrected chi connectivity index (χ2v) is 4.61. The van der Waals surface area contributed by atoms with Crippen LogP contribution < -0.4 is 0 Å². The van der Waals surface area contributed by atoms with Crippen molar-refractivity contribution in [3.8, 4) is 0 Å². The topological polar surface area (TPSA) is 68.5 Å². The fraction of sp³-hybridized carbons (Fsp3) is 0.364. The smallest absolute Gasteiger partial charge is 0.379 e. The van der Waals surface area contributed by atoms with Crippen LogP contribution in [0.15, 0.2) is 21.8 Å². The molecule has 0 spiro atoms. The molecule has 1 aliphatic heterocycles. The van der Waals surface area contributed by atoms with E-state index in [0.29, 0.717) is 10.6 Å². The monoisotopic (exact) mass is 303 g/mol. The van der Waals surface area contributed by atoms with Gasteiger partial charge in [-0.25, -0.2) is 4.79 Å². The number of esters is 1. The van der Waals surface area contributed by atoms with Crippen LogP contribution in [0.5, 0.6) is 0 Å². The summed E-state index contributed by atoms with van der Waals surface area (Å²) < 4.78 is 9.77. The highest BCUT2D eigenvalue weighted by Crippen LogP contribution is 2.29. The molecule has 1 aromatic rings. The minimum Gasteiger partial charge on any atom is -0.460 e. The summed E-state index contributed by atoms with van der Waals surface area (Å²) in [5.41, 5.74) is 0.144.